The Kier molecular flexibility index (Phi) is 6.83. The second-order valence-corrected chi connectivity index (χ2v) is 8.69. The van der Waals surface area contributed by atoms with Crippen LogP contribution in [-0.4, -0.2) is 48.1 Å². The molecule has 4 rings (SSSR count). The minimum absolute atomic E-state index is 0.0798. The molecule has 162 valence electrons. The van der Waals surface area contributed by atoms with Crippen molar-refractivity contribution in [1.82, 2.24) is 9.80 Å². The predicted octanol–water partition coefficient (Wildman–Crippen LogP) is 4.65. The molecule has 2 heterocycles. The molecule has 2 fully saturated rings. The fourth-order valence-corrected chi connectivity index (χ4v) is 4.78. The summed E-state index contributed by atoms with van der Waals surface area (Å²) in [4.78, 5) is 17.3. The Bertz CT molecular complexity index is 931. The van der Waals surface area contributed by atoms with Gasteiger partial charge in [0.15, 0.2) is 0 Å². The topological polar surface area (TPSA) is 59.4 Å². The fraction of sp³-hybridized carbons (Fsp3) is 0.440. The summed E-state index contributed by atoms with van der Waals surface area (Å²) in [5.74, 6) is 0.457. The van der Waals surface area contributed by atoms with E-state index >= 15 is 0 Å². The maximum Gasteiger partial charge on any atom is 0.322 e. The molecule has 0 aliphatic carbocycles. The number of nitrogens with zero attached hydrogens (tertiary/aromatic N) is 3. The zero-order valence-electron chi connectivity index (χ0n) is 17.8. The van der Waals surface area contributed by atoms with Gasteiger partial charge < -0.3 is 15.1 Å². The van der Waals surface area contributed by atoms with Crippen molar-refractivity contribution in [2.75, 3.05) is 31.5 Å². The minimum Gasteiger partial charge on any atom is -0.320 e. The van der Waals surface area contributed by atoms with Gasteiger partial charge in [0.05, 0.1) is 11.6 Å². The molecule has 31 heavy (non-hydrogen) atoms. The third kappa shape index (κ3) is 5.62. The van der Waals surface area contributed by atoms with Gasteiger partial charge in [-0.25, -0.2) is 9.18 Å². The minimum atomic E-state index is -0.179. The third-order valence-electron chi connectivity index (χ3n) is 6.49. The van der Waals surface area contributed by atoms with Gasteiger partial charge in [-0.15, -0.1) is 0 Å². The van der Waals surface area contributed by atoms with Gasteiger partial charge in [0.1, 0.15) is 5.82 Å². The van der Waals surface area contributed by atoms with Crippen molar-refractivity contribution in [3.63, 3.8) is 0 Å². The average Bonchev–Trinajstić information content (AvgIpc) is 3.25. The monoisotopic (exact) mass is 420 g/mol. The lowest BCUT2D eigenvalue weighted by Gasteiger charge is -2.35. The van der Waals surface area contributed by atoms with E-state index in [1.165, 1.54) is 5.56 Å². The Balaban J connectivity index is 1.26. The molecule has 0 spiro atoms. The molecule has 1 atom stereocenters. The number of carbonyl (C=O) groups is 1. The maximum atomic E-state index is 13.1. The van der Waals surface area contributed by atoms with Crippen molar-refractivity contribution in [3.05, 3.63) is 65.5 Å². The summed E-state index contributed by atoms with van der Waals surface area (Å²) < 4.78 is 13.1. The number of likely N-dealkylation sites (tertiary alicyclic amines) is 2. The van der Waals surface area contributed by atoms with E-state index < -0.39 is 0 Å². The van der Waals surface area contributed by atoms with Crippen LogP contribution in [-0.2, 0) is 6.42 Å². The summed E-state index contributed by atoms with van der Waals surface area (Å²) in [6.07, 6.45) is 5.33. The van der Waals surface area contributed by atoms with E-state index in [2.05, 4.69) is 16.3 Å². The van der Waals surface area contributed by atoms with Crippen LogP contribution in [0.4, 0.5) is 14.9 Å². The van der Waals surface area contributed by atoms with Gasteiger partial charge in [-0.2, -0.15) is 5.26 Å². The second kappa shape index (κ2) is 9.93. The highest BCUT2D eigenvalue weighted by atomic mass is 19.1. The van der Waals surface area contributed by atoms with Gasteiger partial charge in [-0.3, -0.25) is 0 Å². The number of rotatable bonds is 5. The van der Waals surface area contributed by atoms with Crippen molar-refractivity contribution in [1.29, 1.82) is 5.26 Å². The fourth-order valence-electron chi connectivity index (χ4n) is 4.78. The van der Waals surface area contributed by atoms with Gasteiger partial charge in [0, 0.05) is 24.8 Å². The molecule has 2 amide bonds. The first-order chi connectivity index (χ1) is 15.1. The van der Waals surface area contributed by atoms with Gasteiger partial charge >= 0.3 is 6.03 Å². The Morgan fingerprint density at radius 2 is 1.87 bits per heavy atom. The number of benzene rings is 2. The molecule has 2 aliphatic rings. The molecular weight excluding hydrogens is 391 g/mol. The molecule has 0 bridgehead atoms. The van der Waals surface area contributed by atoms with Crippen LogP contribution in [0, 0.1) is 23.1 Å². The molecule has 0 aromatic heterocycles. The highest BCUT2D eigenvalue weighted by molar-refractivity contribution is 5.89. The van der Waals surface area contributed by atoms with Crippen LogP contribution >= 0.6 is 0 Å². The number of carbonyl (C=O) groups excluding carboxylic acids is 1. The number of hydrogen-bond acceptors (Lipinski definition) is 3. The van der Waals surface area contributed by atoms with E-state index in [-0.39, 0.29) is 17.9 Å². The van der Waals surface area contributed by atoms with Crippen LogP contribution in [0.25, 0.3) is 0 Å². The van der Waals surface area contributed by atoms with E-state index in [9.17, 15) is 9.18 Å². The first-order valence-electron chi connectivity index (χ1n) is 11.2. The van der Waals surface area contributed by atoms with Crippen molar-refractivity contribution in [2.45, 2.75) is 38.1 Å². The molecule has 1 N–H and O–H groups in total. The number of hydrogen-bond donors (Lipinski definition) is 1. The summed E-state index contributed by atoms with van der Waals surface area (Å²) in [6, 6.07) is 16.2. The summed E-state index contributed by atoms with van der Waals surface area (Å²) >= 11 is 0. The van der Waals surface area contributed by atoms with E-state index in [0.29, 0.717) is 17.2 Å². The predicted molar refractivity (Wildman–Crippen MR) is 119 cm³/mol. The van der Waals surface area contributed by atoms with Crippen LogP contribution < -0.4 is 5.32 Å². The summed E-state index contributed by atoms with van der Waals surface area (Å²) in [6.45, 7) is 3.77. The summed E-state index contributed by atoms with van der Waals surface area (Å²) in [5.41, 5.74) is 2.41. The van der Waals surface area contributed by atoms with Crippen LogP contribution in [0.1, 0.15) is 36.8 Å². The molecule has 0 radical (unpaired) electrons. The van der Waals surface area contributed by atoms with Crippen molar-refractivity contribution < 1.29 is 9.18 Å². The average molecular weight is 421 g/mol. The molecule has 2 saturated heterocycles. The smallest absolute Gasteiger partial charge is 0.320 e. The van der Waals surface area contributed by atoms with E-state index in [4.69, 9.17) is 5.26 Å². The van der Waals surface area contributed by atoms with Crippen LogP contribution in [0.3, 0.4) is 0 Å². The van der Waals surface area contributed by atoms with Gasteiger partial charge in [0.2, 0.25) is 0 Å². The molecule has 2 aromatic rings. The number of anilines is 1. The summed E-state index contributed by atoms with van der Waals surface area (Å²) in [5, 5.41) is 12.0. The van der Waals surface area contributed by atoms with Crippen molar-refractivity contribution in [3.8, 4) is 6.07 Å². The molecule has 6 heteroatoms. The van der Waals surface area contributed by atoms with Gasteiger partial charge in [-0.05, 0) is 87.0 Å². The number of urea groups is 1. The lowest BCUT2D eigenvalue weighted by molar-refractivity contribution is 0.141. The van der Waals surface area contributed by atoms with Crippen LogP contribution in [0.2, 0.25) is 0 Å². The highest BCUT2D eigenvalue weighted by Gasteiger charge is 2.31. The Hall–Kier alpha value is -2.91. The normalized spacial score (nSPS) is 19.9. The van der Waals surface area contributed by atoms with E-state index in [0.717, 1.165) is 58.3 Å². The molecule has 5 nitrogen and oxygen atoms in total. The third-order valence-corrected chi connectivity index (χ3v) is 6.49. The van der Waals surface area contributed by atoms with E-state index in [1.807, 2.05) is 23.1 Å². The SMILES string of the molecule is N#Cc1cccc(NC(=O)N2CCCC2CN2CCC(Cc3ccc(F)cc3)CC2)c1. The zero-order chi connectivity index (χ0) is 21.6. The first kappa shape index (κ1) is 21.3. The second-order valence-electron chi connectivity index (χ2n) is 8.69. The number of nitriles is 1. The number of amides is 2. The highest BCUT2D eigenvalue weighted by Crippen LogP contribution is 2.25. The maximum absolute atomic E-state index is 13.1. The molecule has 2 aliphatic heterocycles. The molecule has 2 aromatic carbocycles. The quantitative estimate of drug-likeness (QED) is 0.766. The first-order valence-corrected chi connectivity index (χ1v) is 11.2. The Labute approximate surface area is 183 Å². The lowest BCUT2D eigenvalue weighted by Crippen LogP contribution is -2.47. The van der Waals surface area contributed by atoms with Crippen LogP contribution in [0.5, 0.6) is 0 Å². The molecule has 1 unspecified atom stereocenters. The van der Waals surface area contributed by atoms with Gasteiger partial charge in [0.25, 0.3) is 0 Å². The van der Waals surface area contributed by atoms with Gasteiger partial charge in [-0.1, -0.05) is 18.2 Å². The number of piperidine rings is 1. The number of halogens is 1. The Morgan fingerprint density at radius 3 is 2.61 bits per heavy atom. The number of nitrogens with one attached hydrogen (secondary N) is 1. The molecule has 0 saturated carbocycles. The Morgan fingerprint density at radius 1 is 1.10 bits per heavy atom. The lowest BCUT2D eigenvalue weighted by atomic mass is 9.90. The zero-order valence-corrected chi connectivity index (χ0v) is 17.8. The van der Waals surface area contributed by atoms with Crippen molar-refractivity contribution >= 4 is 11.7 Å². The van der Waals surface area contributed by atoms with E-state index in [1.54, 1.807) is 30.3 Å². The standard InChI is InChI=1S/C25H29FN4O/c26-22-8-6-19(7-9-22)15-20-10-13-29(14-11-20)18-24-5-2-12-30(24)25(31)28-23-4-1-3-21(16-23)17-27/h1,3-4,6-9,16,20,24H,2,5,10-15,18H2,(H,28,31). The largest absolute Gasteiger partial charge is 0.322 e. The summed E-state index contributed by atoms with van der Waals surface area (Å²) in [7, 11) is 0. The van der Waals surface area contributed by atoms with Crippen LogP contribution in [0.15, 0.2) is 48.5 Å². The van der Waals surface area contributed by atoms with Crippen molar-refractivity contribution in [2.24, 2.45) is 5.92 Å². The molecular formula is C25H29FN4O.